The molecule has 1 N–H and O–H groups in total. The molecule has 1 aromatic rings. The molecule has 0 fully saturated rings. The third-order valence-electron chi connectivity index (χ3n) is 2.19. The van der Waals surface area contributed by atoms with Crippen molar-refractivity contribution >= 4 is 0 Å². The Hall–Kier alpha value is -1.57. The van der Waals surface area contributed by atoms with Gasteiger partial charge in [-0.25, -0.2) is 0 Å². The zero-order valence-corrected chi connectivity index (χ0v) is 8.11. The summed E-state index contributed by atoms with van der Waals surface area (Å²) in [5.74, 6) is 0. The summed E-state index contributed by atoms with van der Waals surface area (Å²) in [4.78, 5) is 4.25. The van der Waals surface area contributed by atoms with Crippen LogP contribution in [0.1, 0.15) is 18.5 Å². The summed E-state index contributed by atoms with van der Waals surface area (Å²) >= 11 is 0. The molecule has 2 heteroatoms. The fourth-order valence-electron chi connectivity index (χ4n) is 1.44. The van der Waals surface area contributed by atoms with Crippen LogP contribution in [0.4, 0.5) is 0 Å². The van der Waals surface area contributed by atoms with Gasteiger partial charge in [0.15, 0.2) is 0 Å². The van der Waals surface area contributed by atoms with Gasteiger partial charge in [-0.3, -0.25) is 4.98 Å². The minimum Gasteiger partial charge on any atom is -0.380 e. The van der Waals surface area contributed by atoms with E-state index in [1.807, 2.05) is 24.4 Å². The van der Waals surface area contributed by atoms with Gasteiger partial charge in [-0.15, -0.1) is 0 Å². The maximum atomic E-state index is 4.25. The molecule has 0 saturated heterocycles. The Labute approximate surface area is 84.4 Å². The number of pyridine rings is 1. The van der Waals surface area contributed by atoms with Crippen LogP contribution < -0.4 is 5.32 Å². The maximum absolute atomic E-state index is 4.25. The first-order chi connectivity index (χ1) is 6.95. The molecular weight excluding hydrogens is 172 g/mol. The van der Waals surface area contributed by atoms with Gasteiger partial charge < -0.3 is 5.32 Å². The predicted octanol–water partition coefficient (Wildman–Crippen LogP) is 2.41. The van der Waals surface area contributed by atoms with Gasteiger partial charge in [-0.1, -0.05) is 18.2 Å². The van der Waals surface area contributed by atoms with E-state index in [1.54, 1.807) is 0 Å². The van der Waals surface area contributed by atoms with Crippen LogP contribution in [0.15, 0.2) is 48.3 Å². The molecule has 0 aromatic carbocycles. The third kappa shape index (κ3) is 2.46. The molecule has 0 saturated carbocycles. The molecule has 0 aliphatic heterocycles. The van der Waals surface area contributed by atoms with Crippen LogP contribution in [0.2, 0.25) is 0 Å². The number of allylic oxidation sites excluding steroid dienone is 3. The first-order valence-electron chi connectivity index (χ1n) is 4.95. The van der Waals surface area contributed by atoms with Crippen molar-refractivity contribution in [3.05, 3.63) is 54.0 Å². The quantitative estimate of drug-likeness (QED) is 0.784. The number of hydrogen-bond donors (Lipinski definition) is 1. The average molecular weight is 186 g/mol. The molecule has 72 valence electrons. The largest absolute Gasteiger partial charge is 0.380 e. The van der Waals surface area contributed by atoms with Gasteiger partial charge in [0.1, 0.15) is 0 Å². The van der Waals surface area contributed by atoms with Gasteiger partial charge in [-0.05, 0) is 31.1 Å². The highest BCUT2D eigenvalue weighted by Crippen LogP contribution is 2.07. The molecule has 1 aliphatic carbocycles. The van der Waals surface area contributed by atoms with Crippen LogP contribution in [-0.2, 0) is 6.54 Å². The molecule has 2 nitrogen and oxygen atoms in total. The topological polar surface area (TPSA) is 24.9 Å². The second kappa shape index (κ2) is 4.61. The molecule has 0 unspecified atom stereocenters. The van der Waals surface area contributed by atoms with E-state index in [2.05, 4.69) is 28.5 Å². The fraction of sp³-hybridized carbons (Fsp3) is 0.250. The highest BCUT2D eigenvalue weighted by molar-refractivity contribution is 5.20. The molecule has 0 atom stereocenters. The average Bonchev–Trinajstić information content (AvgIpc) is 2.29. The van der Waals surface area contributed by atoms with Gasteiger partial charge in [-0.2, -0.15) is 0 Å². The Bertz CT molecular complexity index is 339. The van der Waals surface area contributed by atoms with Crippen LogP contribution in [0, 0.1) is 0 Å². The summed E-state index contributed by atoms with van der Waals surface area (Å²) in [5, 5.41) is 3.35. The first kappa shape index (κ1) is 9.00. The van der Waals surface area contributed by atoms with Crippen molar-refractivity contribution in [2.75, 3.05) is 0 Å². The molecule has 1 heterocycles. The van der Waals surface area contributed by atoms with E-state index in [-0.39, 0.29) is 0 Å². The van der Waals surface area contributed by atoms with E-state index in [0.29, 0.717) is 0 Å². The summed E-state index contributed by atoms with van der Waals surface area (Å²) in [6.07, 6.45) is 10.7. The lowest BCUT2D eigenvalue weighted by atomic mass is 10.1. The van der Waals surface area contributed by atoms with Crippen LogP contribution in [0.3, 0.4) is 0 Å². The number of hydrogen-bond acceptors (Lipinski definition) is 2. The van der Waals surface area contributed by atoms with Gasteiger partial charge >= 0.3 is 0 Å². The molecule has 0 spiro atoms. The lowest BCUT2D eigenvalue weighted by Gasteiger charge is -2.09. The highest BCUT2D eigenvalue weighted by atomic mass is 14.9. The summed E-state index contributed by atoms with van der Waals surface area (Å²) < 4.78 is 0. The number of nitrogens with zero attached hydrogens (tertiary/aromatic N) is 1. The Balaban J connectivity index is 1.88. The van der Waals surface area contributed by atoms with Crippen molar-refractivity contribution in [2.45, 2.75) is 19.4 Å². The molecule has 0 radical (unpaired) electrons. The SMILES string of the molecule is C1=CC(NCc2ccccn2)=CCC1. The van der Waals surface area contributed by atoms with E-state index in [4.69, 9.17) is 0 Å². The van der Waals surface area contributed by atoms with Gasteiger partial charge in [0.25, 0.3) is 0 Å². The Morgan fingerprint density at radius 1 is 1.29 bits per heavy atom. The summed E-state index contributed by atoms with van der Waals surface area (Å²) in [5.41, 5.74) is 2.29. The van der Waals surface area contributed by atoms with E-state index in [9.17, 15) is 0 Å². The monoisotopic (exact) mass is 186 g/mol. The predicted molar refractivity (Wildman–Crippen MR) is 57.5 cm³/mol. The molecule has 0 bridgehead atoms. The fourth-order valence-corrected chi connectivity index (χ4v) is 1.44. The van der Waals surface area contributed by atoms with Crippen molar-refractivity contribution in [1.82, 2.24) is 10.3 Å². The van der Waals surface area contributed by atoms with Crippen LogP contribution in [0.25, 0.3) is 0 Å². The smallest absolute Gasteiger partial charge is 0.0594 e. The van der Waals surface area contributed by atoms with Crippen LogP contribution in [-0.4, -0.2) is 4.98 Å². The van der Waals surface area contributed by atoms with Gasteiger partial charge in [0.2, 0.25) is 0 Å². The highest BCUT2D eigenvalue weighted by Gasteiger charge is 1.96. The maximum Gasteiger partial charge on any atom is 0.0594 e. The van der Waals surface area contributed by atoms with Crippen molar-refractivity contribution in [1.29, 1.82) is 0 Å². The molecule has 0 amide bonds. The minimum absolute atomic E-state index is 0.803. The van der Waals surface area contributed by atoms with Crippen molar-refractivity contribution in [3.63, 3.8) is 0 Å². The summed E-state index contributed by atoms with van der Waals surface area (Å²) in [6.45, 7) is 0.803. The molecule has 2 rings (SSSR count). The van der Waals surface area contributed by atoms with Crippen LogP contribution >= 0.6 is 0 Å². The molecule has 1 aromatic heterocycles. The standard InChI is InChI=1S/C12H14N2/c1-2-6-11(7-3-1)14-10-12-8-4-5-9-13-12/h2,4-9,14H,1,3,10H2. The second-order valence-electron chi connectivity index (χ2n) is 3.31. The van der Waals surface area contributed by atoms with Crippen molar-refractivity contribution < 1.29 is 0 Å². The van der Waals surface area contributed by atoms with E-state index in [0.717, 1.165) is 25.1 Å². The van der Waals surface area contributed by atoms with E-state index >= 15 is 0 Å². The Kier molecular flexibility index (Phi) is 2.96. The first-order valence-corrected chi connectivity index (χ1v) is 4.95. The zero-order chi connectivity index (χ0) is 9.64. The van der Waals surface area contributed by atoms with Gasteiger partial charge in [0, 0.05) is 11.9 Å². The summed E-state index contributed by atoms with van der Waals surface area (Å²) in [7, 11) is 0. The molecule has 1 aliphatic rings. The van der Waals surface area contributed by atoms with Crippen molar-refractivity contribution in [2.24, 2.45) is 0 Å². The minimum atomic E-state index is 0.803. The number of nitrogens with one attached hydrogen (secondary N) is 1. The van der Waals surface area contributed by atoms with Crippen LogP contribution in [0.5, 0.6) is 0 Å². The normalized spacial score (nSPS) is 15.0. The van der Waals surface area contributed by atoms with Gasteiger partial charge in [0.05, 0.1) is 12.2 Å². The molecule has 14 heavy (non-hydrogen) atoms. The zero-order valence-electron chi connectivity index (χ0n) is 8.11. The van der Waals surface area contributed by atoms with E-state index < -0.39 is 0 Å². The molecular formula is C12H14N2. The number of rotatable bonds is 3. The second-order valence-corrected chi connectivity index (χ2v) is 3.31. The summed E-state index contributed by atoms with van der Waals surface area (Å²) in [6, 6.07) is 5.97. The Morgan fingerprint density at radius 2 is 2.29 bits per heavy atom. The lowest BCUT2D eigenvalue weighted by Crippen LogP contribution is -2.13. The van der Waals surface area contributed by atoms with Crippen molar-refractivity contribution in [3.8, 4) is 0 Å². The van der Waals surface area contributed by atoms with E-state index in [1.165, 1.54) is 5.70 Å². The Morgan fingerprint density at radius 3 is 3.00 bits per heavy atom. The lowest BCUT2D eigenvalue weighted by molar-refractivity contribution is 0.789. The third-order valence-corrected chi connectivity index (χ3v) is 2.19. The number of aromatic nitrogens is 1.